The van der Waals surface area contributed by atoms with Crippen molar-refractivity contribution >= 4 is 11.5 Å². The third-order valence-electron chi connectivity index (χ3n) is 6.42. The highest BCUT2D eigenvalue weighted by Gasteiger charge is 2.47. The first-order chi connectivity index (χ1) is 14.9. The summed E-state index contributed by atoms with van der Waals surface area (Å²) in [6.45, 7) is 11.7. The number of nitrogens with zero attached hydrogens (tertiary/aromatic N) is 4. The molecule has 7 nitrogen and oxygen atoms in total. The van der Waals surface area contributed by atoms with E-state index in [0.29, 0.717) is 11.5 Å². The van der Waals surface area contributed by atoms with Crippen LogP contribution in [0.1, 0.15) is 57.3 Å². The second-order valence-corrected chi connectivity index (χ2v) is 9.44. The smallest absolute Gasteiger partial charge is 0.389 e. The Balaban J connectivity index is 1.48. The molecule has 0 amide bonds. The van der Waals surface area contributed by atoms with Gasteiger partial charge in [0.2, 0.25) is 0 Å². The second kappa shape index (κ2) is 9.01. The van der Waals surface area contributed by atoms with Gasteiger partial charge in [0.1, 0.15) is 5.70 Å². The van der Waals surface area contributed by atoms with Gasteiger partial charge in [-0.2, -0.15) is 0 Å². The topological polar surface area (TPSA) is 83.3 Å². The van der Waals surface area contributed by atoms with Crippen molar-refractivity contribution in [1.82, 2.24) is 4.90 Å². The Morgan fingerprint density at radius 3 is 2.65 bits per heavy atom. The first kappa shape index (κ1) is 21.8. The van der Waals surface area contributed by atoms with Crippen LogP contribution in [0, 0.1) is 10.3 Å². The zero-order valence-electron chi connectivity index (χ0n) is 18.9. The maximum absolute atomic E-state index is 12.8. The Morgan fingerprint density at radius 2 is 2.00 bits per heavy atom. The van der Waals surface area contributed by atoms with Gasteiger partial charge in [0.15, 0.2) is 0 Å². The van der Waals surface area contributed by atoms with E-state index in [4.69, 9.17) is 10.5 Å². The molecule has 7 heteroatoms. The molecule has 1 atom stereocenters. The summed E-state index contributed by atoms with van der Waals surface area (Å²) in [5, 5.41) is 0. The molecule has 0 spiro atoms. The maximum Gasteiger partial charge on any atom is 0.389 e. The average molecular weight is 425 g/mol. The van der Waals surface area contributed by atoms with Crippen LogP contribution < -0.4 is 5.73 Å². The Labute approximate surface area is 184 Å². The monoisotopic (exact) mass is 424 g/mol. The summed E-state index contributed by atoms with van der Waals surface area (Å²) in [6, 6.07) is 8.18. The molecule has 31 heavy (non-hydrogen) atoms. The molecule has 3 aliphatic rings. The first-order valence-electron chi connectivity index (χ1n) is 11.3. The Morgan fingerprint density at radius 1 is 1.29 bits per heavy atom. The van der Waals surface area contributed by atoms with Crippen molar-refractivity contribution in [3.05, 3.63) is 51.6 Å². The molecule has 166 valence electrons. The summed E-state index contributed by atoms with van der Waals surface area (Å²) in [4.78, 5) is 24.5. The maximum atomic E-state index is 12.8. The lowest BCUT2D eigenvalue weighted by Crippen LogP contribution is -2.39. The first-order valence-corrected chi connectivity index (χ1v) is 11.3. The molecule has 0 radical (unpaired) electrons. The summed E-state index contributed by atoms with van der Waals surface area (Å²) < 4.78 is 6.35. The van der Waals surface area contributed by atoms with E-state index in [1.807, 2.05) is 19.1 Å². The molecule has 2 heterocycles. The molecular weight excluding hydrogens is 390 g/mol. The number of nitroso groups, excluding NO2 is 1. The van der Waals surface area contributed by atoms with E-state index in [9.17, 15) is 4.91 Å². The van der Waals surface area contributed by atoms with Gasteiger partial charge in [-0.1, -0.05) is 30.9 Å². The Bertz CT molecular complexity index is 924. The number of amidine groups is 1. The number of aliphatic imine (C=N–C) groups is 2. The quantitative estimate of drug-likeness (QED) is 0.732. The van der Waals surface area contributed by atoms with Crippen molar-refractivity contribution in [3.63, 3.8) is 0 Å². The molecule has 1 saturated carbocycles. The van der Waals surface area contributed by atoms with Crippen LogP contribution in [-0.4, -0.2) is 54.1 Å². The summed E-state index contributed by atoms with van der Waals surface area (Å²) in [6.07, 6.45) is 2.24. The predicted molar refractivity (Wildman–Crippen MR) is 123 cm³/mol. The Hall–Kier alpha value is -2.38. The fourth-order valence-electron chi connectivity index (χ4n) is 4.52. The van der Waals surface area contributed by atoms with E-state index < -0.39 is 6.17 Å². The number of morpholine rings is 1. The minimum Gasteiger partial charge on any atom is -0.392 e. The molecule has 2 aliphatic heterocycles. The highest BCUT2D eigenvalue weighted by Crippen LogP contribution is 2.38. The lowest BCUT2D eigenvalue weighted by Gasteiger charge is -2.32. The van der Waals surface area contributed by atoms with Crippen LogP contribution in [-0.2, 0) is 11.3 Å². The molecular formula is C24H34N5O2+. The van der Waals surface area contributed by atoms with Crippen molar-refractivity contribution in [2.75, 3.05) is 32.8 Å². The van der Waals surface area contributed by atoms with Crippen LogP contribution in [0.2, 0.25) is 0 Å². The van der Waals surface area contributed by atoms with Gasteiger partial charge in [0.25, 0.3) is 0 Å². The molecule has 2 fully saturated rings. The Kier molecular flexibility index (Phi) is 6.34. The predicted octanol–water partition coefficient (Wildman–Crippen LogP) is 3.59. The normalized spacial score (nSPS) is 27.1. The number of ether oxygens (including phenoxy) is 1. The van der Waals surface area contributed by atoms with Crippen molar-refractivity contribution in [2.45, 2.75) is 52.7 Å². The SMILES string of the molecule is CCN=C1CC(C)(C)CCC1=C(N)C1=NC(c2ccc(CN3CCOCC3)cc2)[N+]1=O. The van der Waals surface area contributed by atoms with E-state index in [2.05, 4.69) is 40.9 Å². The number of hydrogen-bond donors (Lipinski definition) is 1. The fourth-order valence-corrected chi connectivity index (χ4v) is 4.52. The summed E-state index contributed by atoms with van der Waals surface area (Å²) in [7, 11) is 0. The molecule has 0 aromatic heterocycles. The van der Waals surface area contributed by atoms with Crippen LogP contribution in [0.3, 0.4) is 0 Å². The van der Waals surface area contributed by atoms with Gasteiger partial charge in [-0.3, -0.25) is 9.89 Å². The lowest BCUT2D eigenvalue weighted by atomic mass is 9.73. The van der Waals surface area contributed by atoms with Crippen LogP contribution in [0.25, 0.3) is 0 Å². The number of rotatable bonds is 5. The van der Waals surface area contributed by atoms with E-state index in [1.165, 1.54) is 5.56 Å². The van der Waals surface area contributed by atoms with Gasteiger partial charge in [-0.25, -0.2) is 0 Å². The van der Waals surface area contributed by atoms with Gasteiger partial charge in [-0.15, -0.1) is 0 Å². The van der Waals surface area contributed by atoms with Crippen molar-refractivity contribution in [1.29, 1.82) is 0 Å². The van der Waals surface area contributed by atoms with Crippen LogP contribution in [0.5, 0.6) is 0 Å². The molecule has 1 aliphatic carbocycles. The average Bonchev–Trinajstić information content (AvgIpc) is 2.74. The third-order valence-corrected chi connectivity index (χ3v) is 6.42. The molecule has 1 saturated heterocycles. The number of nitrogens with two attached hydrogens (primary N) is 1. The molecule has 2 N–H and O–H groups in total. The third kappa shape index (κ3) is 4.77. The van der Waals surface area contributed by atoms with E-state index >= 15 is 0 Å². The molecule has 1 unspecified atom stereocenters. The van der Waals surface area contributed by atoms with Gasteiger partial charge < -0.3 is 10.5 Å². The fraction of sp³-hybridized carbons (Fsp3) is 0.583. The van der Waals surface area contributed by atoms with Gasteiger partial charge in [0.05, 0.1) is 13.2 Å². The minimum atomic E-state index is -0.516. The van der Waals surface area contributed by atoms with Gasteiger partial charge in [0, 0.05) is 47.8 Å². The number of hydrogen-bond acceptors (Lipinski definition) is 6. The van der Waals surface area contributed by atoms with E-state index in [0.717, 1.165) is 80.3 Å². The van der Waals surface area contributed by atoms with Crippen molar-refractivity contribution < 1.29 is 9.50 Å². The minimum absolute atomic E-state index is 0.210. The standard InChI is InChI=1S/C24H34N5O2/c1-4-26-20-15-24(2,3)10-9-19(20)21(25)23-27-22(29(23)30)18-7-5-17(6-8-18)16-28-11-13-31-14-12-28/h5-8,22H,4,9-16,25H2,1-3H3/q+1. The van der Waals surface area contributed by atoms with Crippen LogP contribution in [0.15, 0.2) is 45.5 Å². The highest BCUT2D eigenvalue weighted by atomic mass is 16.5. The summed E-state index contributed by atoms with van der Waals surface area (Å²) in [5.41, 5.74) is 11.3. The highest BCUT2D eigenvalue weighted by molar-refractivity contribution is 6.08. The van der Waals surface area contributed by atoms with Crippen LogP contribution >= 0.6 is 0 Å². The lowest BCUT2D eigenvalue weighted by molar-refractivity contribution is -0.510. The molecule has 0 bridgehead atoms. The van der Waals surface area contributed by atoms with Crippen molar-refractivity contribution in [2.24, 2.45) is 21.1 Å². The summed E-state index contributed by atoms with van der Waals surface area (Å²) >= 11 is 0. The van der Waals surface area contributed by atoms with Gasteiger partial charge >= 0.3 is 12.0 Å². The second-order valence-electron chi connectivity index (χ2n) is 9.44. The number of allylic oxidation sites excluding steroid dienone is 1. The zero-order valence-corrected chi connectivity index (χ0v) is 18.9. The molecule has 1 aromatic rings. The number of benzene rings is 1. The van der Waals surface area contributed by atoms with Crippen molar-refractivity contribution in [3.8, 4) is 0 Å². The van der Waals surface area contributed by atoms with Gasteiger partial charge in [-0.05, 0) is 54.3 Å². The molecule has 1 aromatic carbocycles. The van der Waals surface area contributed by atoms with E-state index in [-0.39, 0.29) is 5.41 Å². The largest absolute Gasteiger partial charge is 0.392 e. The zero-order chi connectivity index (χ0) is 22.0. The summed E-state index contributed by atoms with van der Waals surface area (Å²) in [5.74, 6) is 0.348. The van der Waals surface area contributed by atoms with Crippen LogP contribution in [0.4, 0.5) is 0 Å². The molecule has 4 rings (SSSR count). The van der Waals surface area contributed by atoms with E-state index in [1.54, 1.807) is 0 Å².